The van der Waals surface area contributed by atoms with E-state index in [9.17, 15) is 0 Å². The highest BCUT2D eigenvalue weighted by atomic mass is 15.0. The van der Waals surface area contributed by atoms with E-state index in [1.165, 1.54) is 40.9 Å². The maximum atomic E-state index is 6.24. The van der Waals surface area contributed by atoms with Gasteiger partial charge >= 0.3 is 0 Å². The van der Waals surface area contributed by atoms with Gasteiger partial charge in [0.05, 0.1) is 0 Å². The molecule has 0 saturated carbocycles. The maximum absolute atomic E-state index is 6.24. The maximum Gasteiger partial charge on any atom is 0.0478 e. The topological polar surface area (TPSA) is 30.9 Å². The van der Waals surface area contributed by atoms with E-state index in [0.29, 0.717) is 0 Å². The van der Waals surface area contributed by atoms with Gasteiger partial charge in [0, 0.05) is 24.0 Å². The fourth-order valence-electron chi connectivity index (χ4n) is 3.18. The highest BCUT2D eigenvalue weighted by Gasteiger charge is 2.22. The van der Waals surface area contributed by atoms with Gasteiger partial charge in [0.25, 0.3) is 0 Å². The summed E-state index contributed by atoms with van der Waals surface area (Å²) in [5.41, 5.74) is 13.2. The summed E-state index contributed by atoms with van der Waals surface area (Å²) in [6.07, 6.45) is 3.51. The number of hydrogen-bond acceptors (Lipinski definition) is 1. The van der Waals surface area contributed by atoms with Gasteiger partial charge in [0.2, 0.25) is 0 Å². The van der Waals surface area contributed by atoms with Gasteiger partial charge in [0.15, 0.2) is 0 Å². The van der Waals surface area contributed by atoms with Crippen LogP contribution >= 0.6 is 0 Å². The van der Waals surface area contributed by atoms with E-state index in [-0.39, 0.29) is 6.04 Å². The first-order chi connectivity index (χ1) is 9.16. The van der Waals surface area contributed by atoms with Gasteiger partial charge in [-0.25, -0.2) is 0 Å². The predicted octanol–water partition coefficient (Wildman–Crippen LogP) is 3.49. The van der Waals surface area contributed by atoms with Crippen molar-refractivity contribution in [3.63, 3.8) is 0 Å². The zero-order chi connectivity index (χ0) is 13.4. The monoisotopic (exact) mass is 254 g/mol. The molecule has 2 aromatic rings. The third kappa shape index (κ3) is 2.21. The van der Waals surface area contributed by atoms with E-state index in [0.717, 1.165) is 13.0 Å². The molecule has 0 spiro atoms. The van der Waals surface area contributed by atoms with Crippen molar-refractivity contribution in [2.75, 3.05) is 0 Å². The van der Waals surface area contributed by atoms with Gasteiger partial charge in [-0.05, 0) is 55.9 Å². The van der Waals surface area contributed by atoms with Crippen molar-refractivity contribution in [3.8, 4) is 0 Å². The molecule has 2 heteroatoms. The van der Waals surface area contributed by atoms with Crippen LogP contribution in [0.5, 0.6) is 0 Å². The van der Waals surface area contributed by atoms with E-state index in [1.807, 2.05) is 0 Å². The molecule has 1 aromatic carbocycles. The summed E-state index contributed by atoms with van der Waals surface area (Å²) >= 11 is 0. The molecular formula is C17H22N2. The van der Waals surface area contributed by atoms with Crippen LogP contribution < -0.4 is 5.73 Å². The Morgan fingerprint density at radius 3 is 2.84 bits per heavy atom. The van der Waals surface area contributed by atoms with Crippen molar-refractivity contribution in [3.05, 3.63) is 58.4 Å². The SMILES string of the molecule is Cc1ccccc1Cn1c(C)cc2c1CCCC2N. The van der Waals surface area contributed by atoms with Gasteiger partial charge in [-0.1, -0.05) is 24.3 Å². The summed E-state index contributed by atoms with van der Waals surface area (Å²) in [6.45, 7) is 5.36. The van der Waals surface area contributed by atoms with Crippen LogP contribution in [0.3, 0.4) is 0 Å². The van der Waals surface area contributed by atoms with Crippen LogP contribution in [0.15, 0.2) is 30.3 Å². The van der Waals surface area contributed by atoms with Crippen molar-refractivity contribution in [2.24, 2.45) is 5.73 Å². The number of benzene rings is 1. The Hall–Kier alpha value is -1.54. The number of aromatic nitrogens is 1. The van der Waals surface area contributed by atoms with Crippen molar-refractivity contribution in [1.29, 1.82) is 0 Å². The van der Waals surface area contributed by atoms with Crippen molar-refractivity contribution >= 4 is 0 Å². The summed E-state index contributed by atoms with van der Waals surface area (Å²) < 4.78 is 2.46. The average Bonchev–Trinajstić information content (AvgIpc) is 2.71. The smallest absolute Gasteiger partial charge is 0.0478 e. The minimum atomic E-state index is 0.237. The molecule has 0 amide bonds. The highest BCUT2D eigenvalue weighted by molar-refractivity contribution is 5.35. The molecule has 0 fully saturated rings. The zero-order valence-corrected chi connectivity index (χ0v) is 11.8. The second-order valence-electron chi connectivity index (χ2n) is 5.70. The molecule has 0 saturated heterocycles. The second kappa shape index (κ2) is 4.86. The van der Waals surface area contributed by atoms with Crippen LogP contribution in [0.25, 0.3) is 0 Å². The van der Waals surface area contributed by atoms with Crippen LogP contribution in [-0.4, -0.2) is 4.57 Å². The summed E-state index contributed by atoms with van der Waals surface area (Å²) in [5, 5.41) is 0. The Bertz CT molecular complexity index is 595. The van der Waals surface area contributed by atoms with Crippen LogP contribution in [0, 0.1) is 13.8 Å². The molecule has 100 valence electrons. The van der Waals surface area contributed by atoms with Crippen LogP contribution in [0.2, 0.25) is 0 Å². The Kier molecular flexibility index (Phi) is 3.19. The lowest BCUT2D eigenvalue weighted by Gasteiger charge is -2.21. The molecule has 0 bridgehead atoms. The highest BCUT2D eigenvalue weighted by Crippen LogP contribution is 2.31. The normalized spacial score (nSPS) is 18.4. The van der Waals surface area contributed by atoms with Crippen LogP contribution in [0.1, 0.15) is 47.0 Å². The number of fused-ring (bicyclic) bond motifs is 1. The molecule has 19 heavy (non-hydrogen) atoms. The Balaban J connectivity index is 2.00. The summed E-state index contributed by atoms with van der Waals surface area (Å²) in [5.74, 6) is 0. The van der Waals surface area contributed by atoms with E-state index < -0.39 is 0 Å². The molecule has 2 nitrogen and oxygen atoms in total. The third-order valence-corrected chi connectivity index (χ3v) is 4.37. The van der Waals surface area contributed by atoms with E-state index in [2.05, 4.69) is 48.7 Å². The van der Waals surface area contributed by atoms with E-state index in [4.69, 9.17) is 5.73 Å². The van der Waals surface area contributed by atoms with Gasteiger partial charge in [-0.15, -0.1) is 0 Å². The first-order valence-electron chi connectivity index (χ1n) is 7.16. The first-order valence-corrected chi connectivity index (χ1v) is 7.16. The van der Waals surface area contributed by atoms with Crippen molar-refractivity contribution < 1.29 is 0 Å². The number of aryl methyl sites for hydroxylation is 2. The quantitative estimate of drug-likeness (QED) is 0.874. The minimum absolute atomic E-state index is 0.237. The van der Waals surface area contributed by atoms with Gasteiger partial charge < -0.3 is 10.3 Å². The molecular weight excluding hydrogens is 232 g/mol. The van der Waals surface area contributed by atoms with E-state index >= 15 is 0 Å². The molecule has 1 heterocycles. The van der Waals surface area contributed by atoms with Crippen LogP contribution in [-0.2, 0) is 13.0 Å². The molecule has 0 radical (unpaired) electrons. The zero-order valence-electron chi connectivity index (χ0n) is 11.8. The largest absolute Gasteiger partial charge is 0.344 e. The summed E-state index contributed by atoms with van der Waals surface area (Å²) in [7, 11) is 0. The number of rotatable bonds is 2. The Morgan fingerprint density at radius 2 is 2.05 bits per heavy atom. The molecule has 1 aromatic heterocycles. The fraction of sp³-hybridized carbons (Fsp3) is 0.412. The Morgan fingerprint density at radius 1 is 1.26 bits per heavy atom. The molecule has 1 aliphatic rings. The van der Waals surface area contributed by atoms with Gasteiger partial charge in [-0.2, -0.15) is 0 Å². The average molecular weight is 254 g/mol. The van der Waals surface area contributed by atoms with E-state index in [1.54, 1.807) is 0 Å². The molecule has 2 N–H and O–H groups in total. The first kappa shape index (κ1) is 12.5. The summed E-state index contributed by atoms with van der Waals surface area (Å²) in [6, 6.07) is 11.2. The number of nitrogens with two attached hydrogens (primary N) is 1. The third-order valence-electron chi connectivity index (χ3n) is 4.37. The van der Waals surface area contributed by atoms with Crippen LogP contribution in [0.4, 0.5) is 0 Å². The Labute approximate surface area is 115 Å². The molecule has 3 rings (SSSR count). The van der Waals surface area contributed by atoms with Gasteiger partial charge in [0.1, 0.15) is 0 Å². The molecule has 1 atom stereocenters. The minimum Gasteiger partial charge on any atom is -0.344 e. The van der Waals surface area contributed by atoms with Gasteiger partial charge in [-0.3, -0.25) is 0 Å². The van der Waals surface area contributed by atoms with Crippen molar-refractivity contribution in [1.82, 2.24) is 4.57 Å². The standard InChI is InChI=1S/C17H22N2/c1-12-6-3-4-7-14(12)11-19-13(2)10-15-16(18)8-5-9-17(15)19/h3-4,6-7,10,16H,5,8-9,11,18H2,1-2H3. The lowest BCUT2D eigenvalue weighted by atomic mass is 9.93. The number of nitrogens with zero attached hydrogens (tertiary/aromatic N) is 1. The molecule has 0 aliphatic heterocycles. The predicted molar refractivity (Wildman–Crippen MR) is 79.3 cm³/mol. The second-order valence-corrected chi connectivity index (χ2v) is 5.70. The van der Waals surface area contributed by atoms with Crippen molar-refractivity contribution in [2.45, 2.75) is 45.7 Å². The summed E-state index contributed by atoms with van der Waals surface area (Å²) in [4.78, 5) is 0. The number of hydrogen-bond donors (Lipinski definition) is 1. The molecule has 1 unspecified atom stereocenters. The fourth-order valence-corrected chi connectivity index (χ4v) is 3.18. The molecule has 1 aliphatic carbocycles. The lowest BCUT2D eigenvalue weighted by Crippen LogP contribution is -2.18. The lowest BCUT2D eigenvalue weighted by molar-refractivity contribution is 0.546.